The van der Waals surface area contributed by atoms with Crippen LogP contribution < -0.4 is 10.6 Å². The topological polar surface area (TPSA) is 13.1 Å². The van der Waals surface area contributed by atoms with Gasteiger partial charge in [0.15, 0.2) is 0 Å². The lowest BCUT2D eigenvalue weighted by molar-refractivity contribution is 0.572. The van der Waals surface area contributed by atoms with Gasteiger partial charge in [-0.1, -0.05) is 34.1 Å². The Morgan fingerprint density at radius 2 is 2.13 bits per heavy atom. The first-order valence-electron chi connectivity index (χ1n) is 4.78. The van der Waals surface area contributed by atoms with E-state index in [0.717, 1.165) is 32.5 Å². The first-order valence-corrected chi connectivity index (χ1v) is 6.01. The van der Waals surface area contributed by atoms with E-state index in [0.29, 0.717) is 0 Å². The zero-order chi connectivity index (χ0) is 10.4. The number of rotatable bonds is 0. The van der Waals surface area contributed by atoms with Crippen molar-refractivity contribution in [2.75, 3.05) is 0 Å². The molecular formula is C12H8BrClO. The highest BCUT2D eigenvalue weighted by atomic mass is 79.9. The minimum absolute atomic E-state index is 0.0208. The number of alkyl halides is 1. The van der Waals surface area contributed by atoms with Crippen molar-refractivity contribution in [2.24, 2.45) is 0 Å². The number of para-hydroxylation sites is 1. The Morgan fingerprint density at radius 1 is 1.33 bits per heavy atom. The van der Waals surface area contributed by atoms with Crippen LogP contribution in [-0.4, -0.2) is 5.38 Å². The molecule has 0 spiro atoms. The molecule has 15 heavy (non-hydrogen) atoms. The number of hydrogen-bond acceptors (Lipinski definition) is 1. The highest BCUT2D eigenvalue weighted by molar-refractivity contribution is 9.14. The van der Waals surface area contributed by atoms with E-state index in [1.807, 2.05) is 24.3 Å². The van der Waals surface area contributed by atoms with Gasteiger partial charge >= 0.3 is 0 Å². The third-order valence-electron chi connectivity index (χ3n) is 2.60. The SMILES string of the molecule is ClC1C=c2oc3ccccc3c2=C(Br)C1. The Labute approximate surface area is 100 Å². The van der Waals surface area contributed by atoms with Crippen molar-refractivity contribution in [2.45, 2.75) is 11.8 Å². The smallest absolute Gasteiger partial charge is 0.135 e. The Balaban J connectivity index is 2.57. The number of hydrogen-bond donors (Lipinski definition) is 0. The van der Waals surface area contributed by atoms with Crippen LogP contribution in [0.5, 0.6) is 0 Å². The predicted octanol–water partition coefficient (Wildman–Crippen LogP) is 2.73. The molecule has 0 radical (unpaired) electrons. The van der Waals surface area contributed by atoms with Crippen molar-refractivity contribution in [1.29, 1.82) is 0 Å². The summed E-state index contributed by atoms with van der Waals surface area (Å²) < 4.78 is 6.87. The van der Waals surface area contributed by atoms with Crippen molar-refractivity contribution < 1.29 is 4.42 Å². The first kappa shape index (κ1) is 9.49. The largest absolute Gasteiger partial charge is 0.456 e. The first-order chi connectivity index (χ1) is 7.25. The summed E-state index contributed by atoms with van der Waals surface area (Å²) in [6.45, 7) is 0. The highest BCUT2D eigenvalue weighted by Gasteiger charge is 2.14. The molecule has 0 saturated heterocycles. The third kappa shape index (κ3) is 1.44. The minimum Gasteiger partial charge on any atom is -0.456 e. The zero-order valence-corrected chi connectivity index (χ0v) is 10.2. The van der Waals surface area contributed by atoms with Gasteiger partial charge in [0, 0.05) is 15.1 Å². The zero-order valence-electron chi connectivity index (χ0n) is 7.84. The van der Waals surface area contributed by atoms with Gasteiger partial charge in [0.1, 0.15) is 11.0 Å². The van der Waals surface area contributed by atoms with Gasteiger partial charge in [-0.25, -0.2) is 0 Å². The summed E-state index contributed by atoms with van der Waals surface area (Å²) in [7, 11) is 0. The van der Waals surface area contributed by atoms with E-state index >= 15 is 0 Å². The van der Waals surface area contributed by atoms with Crippen molar-refractivity contribution in [3.05, 3.63) is 34.9 Å². The van der Waals surface area contributed by atoms with Gasteiger partial charge in [-0.2, -0.15) is 0 Å². The molecule has 1 aliphatic carbocycles. The average Bonchev–Trinajstić information content (AvgIpc) is 2.54. The molecule has 1 aromatic carbocycles. The number of fused-ring (bicyclic) bond motifs is 3. The summed E-state index contributed by atoms with van der Waals surface area (Å²) >= 11 is 9.68. The lowest BCUT2D eigenvalue weighted by Crippen LogP contribution is -2.27. The molecule has 76 valence electrons. The number of benzene rings is 1. The Hall–Kier alpha value is -0.730. The van der Waals surface area contributed by atoms with E-state index in [-0.39, 0.29) is 5.38 Å². The average molecular weight is 284 g/mol. The molecule has 1 nitrogen and oxygen atoms in total. The van der Waals surface area contributed by atoms with Crippen molar-refractivity contribution in [3.8, 4) is 0 Å². The molecule has 1 unspecified atom stereocenters. The summed E-state index contributed by atoms with van der Waals surface area (Å²) in [6.07, 6.45) is 2.81. The van der Waals surface area contributed by atoms with Crippen molar-refractivity contribution in [3.63, 3.8) is 0 Å². The van der Waals surface area contributed by atoms with Crippen molar-refractivity contribution >= 4 is 49.1 Å². The van der Waals surface area contributed by atoms with Gasteiger partial charge in [0.2, 0.25) is 0 Å². The standard InChI is InChI=1S/C12H8BrClO/c13-9-5-7(14)6-11-12(9)8-3-1-2-4-10(8)15-11/h1-4,6-7H,5H2. The molecule has 1 atom stereocenters. The molecule has 1 heterocycles. The summed E-state index contributed by atoms with van der Waals surface area (Å²) in [5.41, 5.74) is 1.80. The fraction of sp³-hybridized carbons (Fsp3) is 0.167. The maximum Gasteiger partial charge on any atom is 0.135 e. The lowest BCUT2D eigenvalue weighted by Gasteiger charge is -2.05. The molecule has 1 aliphatic rings. The van der Waals surface area contributed by atoms with Gasteiger partial charge < -0.3 is 4.42 Å². The molecule has 3 heteroatoms. The van der Waals surface area contributed by atoms with Crippen LogP contribution in [0.25, 0.3) is 21.5 Å². The quantitative estimate of drug-likeness (QED) is 0.678. The van der Waals surface area contributed by atoms with Gasteiger partial charge in [-0.15, -0.1) is 11.6 Å². The monoisotopic (exact) mass is 282 g/mol. The second kappa shape index (κ2) is 3.39. The fourth-order valence-corrected chi connectivity index (χ4v) is 3.17. The van der Waals surface area contributed by atoms with Crippen LogP contribution in [-0.2, 0) is 0 Å². The Morgan fingerprint density at radius 3 is 3.00 bits per heavy atom. The van der Waals surface area contributed by atoms with E-state index in [4.69, 9.17) is 16.0 Å². The summed E-state index contributed by atoms with van der Waals surface area (Å²) in [4.78, 5) is 0. The molecule has 0 bridgehead atoms. The van der Waals surface area contributed by atoms with E-state index in [2.05, 4.69) is 22.0 Å². The molecule has 0 amide bonds. The maximum atomic E-state index is 6.10. The molecular weight excluding hydrogens is 275 g/mol. The molecule has 2 aromatic rings. The second-order valence-electron chi connectivity index (χ2n) is 3.63. The van der Waals surface area contributed by atoms with Crippen LogP contribution in [0.2, 0.25) is 0 Å². The Bertz CT molecular complexity index is 641. The lowest BCUT2D eigenvalue weighted by atomic mass is 10.1. The van der Waals surface area contributed by atoms with E-state index in [1.54, 1.807) is 0 Å². The van der Waals surface area contributed by atoms with Crippen LogP contribution in [0.3, 0.4) is 0 Å². The van der Waals surface area contributed by atoms with Gasteiger partial charge in [-0.05, 0) is 18.6 Å². The van der Waals surface area contributed by atoms with Crippen LogP contribution in [0, 0.1) is 0 Å². The predicted molar refractivity (Wildman–Crippen MR) is 66.5 cm³/mol. The molecule has 0 saturated carbocycles. The van der Waals surface area contributed by atoms with Crippen molar-refractivity contribution in [1.82, 2.24) is 0 Å². The summed E-state index contributed by atoms with van der Waals surface area (Å²) in [5, 5.41) is 2.33. The fourth-order valence-electron chi connectivity index (χ4n) is 1.96. The van der Waals surface area contributed by atoms with E-state index in [1.165, 1.54) is 0 Å². The molecule has 0 fully saturated rings. The normalized spacial score (nSPS) is 20.1. The number of furan rings is 1. The molecule has 1 aromatic heterocycles. The molecule has 0 N–H and O–H groups in total. The molecule has 3 rings (SSSR count). The van der Waals surface area contributed by atoms with Crippen LogP contribution >= 0.6 is 27.5 Å². The van der Waals surface area contributed by atoms with Crippen LogP contribution in [0.1, 0.15) is 6.42 Å². The highest BCUT2D eigenvalue weighted by Crippen LogP contribution is 2.21. The van der Waals surface area contributed by atoms with Crippen LogP contribution in [0.15, 0.2) is 28.7 Å². The molecule has 0 aliphatic heterocycles. The van der Waals surface area contributed by atoms with Gasteiger partial charge in [-0.3, -0.25) is 0 Å². The van der Waals surface area contributed by atoms with E-state index in [9.17, 15) is 0 Å². The van der Waals surface area contributed by atoms with Gasteiger partial charge in [0.05, 0.1) is 5.38 Å². The number of halogens is 2. The van der Waals surface area contributed by atoms with E-state index < -0.39 is 0 Å². The summed E-state index contributed by atoms with van der Waals surface area (Å²) in [6, 6.07) is 8.04. The maximum absolute atomic E-state index is 6.10. The third-order valence-corrected chi connectivity index (χ3v) is 3.60. The Kier molecular flexibility index (Phi) is 2.15. The van der Waals surface area contributed by atoms with Crippen LogP contribution in [0.4, 0.5) is 0 Å². The summed E-state index contributed by atoms with van der Waals surface area (Å²) in [5.74, 6) is 0. The van der Waals surface area contributed by atoms with Gasteiger partial charge in [0.25, 0.3) is 0 Å². The second-order valence-corrected chi connectivity index (χ2v) is 5.15. The minimum atomic E-state index is 0.0208.